The summed E-state index contributed by atoms with van der Waals surface area (Å²) in [5.41, 5.74) is 1.18. The molecule has 18 heavy (non-hydrogen) atoms. The molecule has 0 aliphatic carbocycles. The predicted molar refractivity (Wildman–Crippen MR) is 79.9 cm³/mol. The van der Waals surface area contributed by atoms with Crippen molar-refractivity contribution in [3.63, 3.8) is 0 Å². The number of ether oxygens (including phenoxy) is 1. The van der Waals surface area contributed by atoms with E-state index >= 15 is 0 Å². The van der Waals surface area contributed by atoms with Gasteiger partial charge in [-0.05, 0) is 42.3 Å². The molecule has 100 valence electrons. The maximum absolute atomic E-state index is 5.21. The molecular formula is C14H22N2OS. The summed E-state index contributed by atoms with van der Waals surface area (Å²) >= 11 is 5.21. The van der Waals surface area contributed by atoms with Crippen molar-refractivity contribution >= 4 is 17.3 Å². The minimum Gasteiger partial charge on any atom is -0.497 e. The third-order valence-electron chi connectivity index (χ3n) is 2.62. The molecule has 0 bridgehead atoms. The smallest absolute Gasteiger partial charge is 0.166 e. The van der Waals surface area contributed by atoms with Gasteiger partial charge in [-0.15, -0.1) is 0 Å². The number of rotatable bonds is 6. The molecule has 1 aromatic carbocycles. The molecule has 0 fully saturated rings. The van der Waals surface area contributed by atoms with Crippen molar-refractivity contribution < 1.29 is 4.74 Å². The first-order valence-corrected chi connectivity index (χ1v) is 6.67. The summed E-state index contributed by atoms with van der Waals surface area (Å²) in [6.07, 6.45) is 1.13. The van der Waals surface area contributed by atoms with Crippen LogP contribution in [0.3, 0.4) is 0 Å². The van der Waals surface area contributed by atoms with Gasteiger partial charge in [0, 0.05) is 13.1 Å². The van der Waals surface area contributed by atoms with Crippen LogP contribution in [0, 0.1) is 5.92 Å². The van der Waals surface area contributed by atoms with Crippen molar-refractivity contribution in [2.75, 3.05) is 13.7 Å². The molecule has 0 unspecified atom stereocenters. The van der Waals surface area contributed by atoms with E-state index in [2.05, 4.69) is 24.5 Å². The van der Waals surface area contributed by atoms with Crippen LogP contribution >= 0.6 is 12.2 Å². The first-order chi connectivity index (χ1) is 8.61. The van der Waals surface area contributed by atoms with Crippen LogP contribution in [-0.2, 0) is 6.54 Å². The molecule has 0 aliphatic rings. The highest BCUT2D eigenvalue weighted by Crippen LogP contribution is 2.10. The Morgan fingerprint density at radius 1 is 1.22 bits per heavy atom. The third kappa shape index (κ3) is 5.87. The number of methoxy groups -OCH3 is 1. The number of thiocarbonyl (C=S) groups is 1. The van der Waals surface area contributed by atoms with Crippen LogP contribution in [-0.4, -0.2) is 18.8 Å². The second-order valence-electron chi connectivity index (χ2n) is 4.64. The fourth-order valence-corrected chi connectivity index (χ4v) is 1.64. The van der Waals surface area contributed by atoms with Crippen molar-refractivity contribution in [3.8, 4) is 5.75 Å². The molecule has 0 spiro atoms. The first-order valence-electron chi connectivity index (χ1n) is 6.26. The lowest BCUT2D eigenvalue weighted by Crippen LogP contribution is -2.35. The Bertz CT molecular complexity index is 363. The highest BCUT2D eigenvalue weighted by Gasteiger charge is 1.98. The van der Waals surface area contributed by atoms with Gasteiger partial charge in [0.25, 0.3) is 0 Å². The van der Waals surface area contributed by atoms with Gasteiger partial charge in [-0.25, -0.2) is 0 Å². The Morgan fingerprint density at radius 3 is 2.44 bits per heavy atom. The zero-order valence-corrected chi connectivity index (χ0v) is 12.1. The van der Waals surface area contributed by atoms with Crippen molar-refractivity contribution in [3.05, 3.63) is 29.8 Å². The largest absolute Gasteiger partial charge is 0.497 e. The monoisotopic (exact) mass is 266 g/mol. The summed E-state index contributed by atoms with van der Waals surface area (Å²) in [4.78, 5) is 0. The number of benzene rings is 1. The van der Waals surface area contributed by atoms with Gasteiger partial charge in [0.1, 0.15) is 5.75 Å². The standard InChI is InChI=1S/C14H22N2OS/c1-11(2)8-9-15-14(18)16-10-12-4-6-13(17-3)7-5-12/h4-7,11H,8-10H2,1-3H3,(H2,15,16,18). The van der Waals surface area contributed by atoms with Gasteiger partial charge < -0.3 is 15.4 Å². The lowest BCUT2D eigenvalue weighted by atomic mass is 10.1. The number of hydrogen-bond donors (Lipinski definition) is 2. The second-order valence-corrected chi connectivity index (χ2v) is 5.05. The maximum atomic E-state index is 5.21. The van der Waals surface area contributed by atoms with E-state index in [1.807, 2.05) is 24.3 Å². The summed E-state index contributed by atoms with van der Waals surface area (Å²) < 4.78 is 5.11. The number of hydrogen-bond acceptors (Lipinski definition) is 2. The van der Waals surface area contributed by atoms with Gasteiger partial charge in [0.2, 0.25) is 0 Å². The van der Waals surface area contributed by atoms with Crippen LogP contribution in [0.25, 0.3) is 0 Å². The van der Waals surface area contributed by atoms with Crippen LogP contribution in [0.5, 0.6) is 5.75 Å². The van der Waals surface area contributed by atoms with E-state index in [1.54, 1.807) is 7.11 Å². The molecule has 2 N–H and O–H groups in total. The number of nitrogens with one attached hydrogen (secondary N) is 2. The fourth-order valence-electron chi connectivity index (χ4n) is 1.46. The van der Waals surface area contributed by atoms with Gasteiger partial charge in [-0.2, -0.15) is 0 Å². The van der Waals surface area contributed by atoms with Crippen LogP contribution < -0.4 is 15.4 Å². The van der Waals surface area contributed by atoms with Crippen LogP contribution in [0.15, 0.2) is 24.3 Å². The quantitative estimate of drug-likeness (QED) is 0.776. The topological polar surface area (TPSA) is 33.3 Å². The molecule has 1 aromatic rings. The Labute approximate surface area is 115 Å². The van der Waals surface area contributed by atoms with Crippen LogP contribution in [0.4, 0.5) is 0 Å². The molecule has 0 radical (unpaired) electrons. The molecule has 4 heteroatoms. The molecule has 3 nitrogen and oxygen atoms in total. The minimum atomic E-state index is 0.696. The second kappa shape index (κ2) is 7.93. The Balaban J connectivity index is 2.24. The van der Waals surface area contributed by atoms with E-state index in [-0.39, 0.29) is 0 Å². The van der Waals surface area contributed by atoms with E-state index in [0.29, 0.717) is 11.0 Å². The lowest BCUT2D eigenvalue weighted by Gasteiger charge is -2.11. The molecule has 0 heterocycles. The zero-order valence-electron chi connectivity index (χ0n) is 11.3. The summed E-state index contributed by atoms with van der Waals surface area (Å²) in [5, 5.41) is 7.11. The Hall–Kier alpha value is -1.29. The van der Waals surface area contributed by atoms with Crippen molar-refractivity contribution in [2.45, 2.75) is 26.8 Å². The van der Waals surface area contributed by atoms with E-state index in [1.165, 1.54) is 5.56 Å². The molecule has 1 rings (SSSR count). The van der Waals surface area contributed by atoms with E-state index in [0.717, 1.165) is 25.3 Å². The van der Waals surface area contributed by atoms with Crippen LogP contribution in [0.2, 0.25) is 0 Å². The Kier molecular flexibility index (Phi) is 6.50. The normalized spacial score (nSPS) is 10.2. The molecule has 0 aliphatic heterocycles. The fraction of sp³-hybridized carbons (Fsp3) is 0.500. The van der Waals surface area contributed by atoms with E-state index in [9.17, 15) is 0 Å². The Morgan fingerprint density at radius 2 is 1.89 bits per heavy atom. The van der Waals surface area contributed by atoms with Crippen molar-refractivity contribution in [2.24, 2.45) is 5.92 Å². The van der Waals surface area contributed by atoms with Gasteiger partial charge in [0.15, 0.2) is 5.11 Å². The molecule has 0 saturated carbocycles. The van der Waals surface area contributed by atoms with Gasteiger partial charge in [-0.3, -0.25) is 0 Å². The van der Waals surface area contributed by atoms with Gasteiger partial charge in [0.05, 0.1) is 7.11 Å². The molecule has 0 saturated heterocycles. The minimum absolute atomic E-state index is 0.696. The average molecular weight is 266 g/mol. The lowest BCUT2D eigenvalue weighted by molar-refractivity contribution is 0.414. The predicted octanol–water partition coefficient (Wildman–Crippen LogP) is 2.71. The maximum Gasteiger partial charge on any atom is 0.166 e. The highest BCUT2D eigenvalue weighted by molar-refractivity contribution is 7.80. The van der Waals surface area contributed by atoms with Crippen LogP contribution in [0.1, 0.15) is 25.8 Å². The van der Waals surface area contributed by atoms with E-state index in [4.69, 9.17) is 17.0 Å². The molecule has 0 aromatic heterocycles. The van der Waals surface area contributed by atoms with Gasteiger partial charge in [-0.1, -0.05) is 26.0 Å². The first kappa shape index (κ1) is 14.8. The summed E-state index contributed by atoms with van der Waals surface area (Å²) in [5.74, 6) is 1.57. The summed E-state index contributed by atoms with van der Waals surface area (Å²) in [6.45, 7) is 6.06. The SMILES string of the molecule is COc1ccc(CNC(=S)NCCC(C)C)cc1. The van der Waals surface area contributed by atoms with E-state index < -0.39 is 0 Å². The molecule has 0 amide bonds. The molecule has 0 atom stereocenters. The van der Waals surface area contributed by atoms with Crippen molar-refractivity contribution in [1.29, 1.82) is 0 Å². The third-order valence-corrected chi connectivity index (χ3v) is 2.91. The summed E-state index contributed by atoms with van der Waals surface area (Å²) in [6, 6.07) is 7.96. The average Bonchev–Trinajstić information content (AvgIpc) is 2.36. The summed E-state index contributed by atoms with van der Waals surface area (Å²) in [7, 11) is 1.67. The molecular weight excluding hydrogens is 244 g/mol. The zero-order chi connectivity index (χ0) is 13.4. The van der Waals surface area contributed by atoms with Gasteiger partial charge >= 0.3 is 0 Å². The van der Waals surface area contributed by atoms with Crippen molar-refractivity contribution in [1.82, 2.24) is 10.6 Å². The highest BCUT2D eigenvalue weighted by atomic mass is 32.1.